The second-order valence-corrected chi connectivity index (χ2v) is 12.8. The summed E-state index contributed by atoms with van der Waals surface area (Å²) in [5.41, 5.74) is 7.93. The van der Waals surface area contributed by atoms with Crippen LogP contribution in [0.5, 0.6) is 11.5 Å². The number of nitrogens with zero attached hydrogens (tertiary/aromatic N) is 1. The molecule has 0 N–H and O–H groups in total. The van der Waals surface area contributed by atoms with Crippen LogP contribution in [0, 0.1) is 25.2 Å². The Labute approximate surface area is 220 Å². The summed E-state index contributed by atoms with van der Waals surface area (Å²) in [6, 6.07) is 18.4. The second kappa shape index (κ2) is 8.31. The zero-order valence-corrected chi connectivity index (χ0v) is 23.5. The standard InChI is InChI=1S/C35H38NO/c1-20(2)15-23-10-12-25-24(17-23)18-30-32-27(25)13-14-36(8)33(32)31-22(4)28-16-21(3)9-11-26(28)29(34(31)37-30)19-35(5,6)7/h9-14,16-18,20H,15,19H2,1-8H3/q+1. The predicted octanol–water partition coefficient (Wildman–Crippen LogP) is 9.15. The van der Waals surface area contributed by atoms with Crippen LogP contribution in [-0.4, -0.2) is 0 Å². The fourth-order valence-corrected chi connectivity index (χ4v) is 6.32. The fourth-order valence-electron chi connectivity index (χ4n) is 6.32. The van der Waals surface area contributed by atoms with Crippen molar-refractivity contribution in [2.75, 3.05) is 0 Å². The van der Waals surface area contributed by atoms with Gasteiger partial charge in [-0.3, -0.25) is 0 Å². The zero-order chi connectivity index (χ0) is 26.2. The van der Waals surface area contributed by atoms with Gasteiger partial charge in [0.25, 0.3) is 0 Å². The monoisotopic (exact) mass is 488 g/mol. The maximum absolute atomic E-state index is 7.02. The molecule has 37 heavy (non-hydrogen) atoms. The minimum Gasteiger partial charge on any atom is -0.455 e. The van der Waals surface area contributed by atoms with Crippen LogP contribution in [0.25, 0.3) is 43.6 Å². The summed E-state index contributed by atoms with van der Waals surface area (Å²) in [6.45, 7) is 16.0. The number of hydrogen-bond acceptors (Lipinski definition) is 1. The van der Waals surface area contributed by atoms with Gasteiger partial charge in [0.1, 0.15) is 18.5 Å². The van der Waals surface area contributed by atoms with E-state index in [4.69, 9.17) is 4.74 Å². The van der Waals surface area contributed by atoms with Gasteiger partial charge in [-0.15, -0.1) is 0 Å². The van der Waals surface area contributed by atoms with E-state index in [1.54, 1.807) is 0 Å². The first kappa shape index (κ1) is 24.0. The summed E-state index contributed by atoms with van der Waals surface area (Å²) in [5.74, 6) is 2.64. The van der Waals surface area contributed by atoms with E-state index in [1.165, 1.54) is 65.8 Å². The third-order valence-electron chi connectivity index (χ3n) is 7.84. The topological polar surface area (TPSA) is 13.1 Å². The van der Waals surface area contributed by atoms with E-state index in [9.17, 15) is 0 Å². The van der Waals surface area contributed by atoms with E-state index >= 15 is 0 Å². The fraction of sp³-hybridized carbons (Fsp3) is 0.343. The van der Waals surface area contributed by atoms with Crippen molar-refractivity contribution in [3.8, 4) is 22.8 Å². The molecule has 0 unspecified atom stereocenters. The van der Waals surface area contributed by atoms with E-state index < -0.39 is 0 Å². The lowest BCUT2D eigenvalue weighted by Gasteiger charge is -2.28. The molecule has 2 heterocycles. The van der Waals surface area contributed by atoms with Gasteiger partial charge in [0.2, 0.25) is 5.69 Å². The van der Waals surface area contributed by atoms with Crippen LogP contribution in [0.4, 0.5) is 0 Å². The molecule has 0 saturated carbocycles. The Balaban J connectivity index is 1.74. The summed E-state index contributed by atoms with van der Waals surface area (Å²) in [6.07, 6.45) is 4.26. The number of pyridine rings is 1. The van der Waals surface area contributed by atoms with Crippen molar-refractivity contribution in [1.29, 1.82) is 0 Å². The van der Waals surface area contributed by atoms with Crippen molar-refractivity contribution in [2.24, 2.45) is 18.4 Å². The van der Waals surface area contributed by atoms with Gasteiger partial charge in [0.15, 0.2) is 6.20 Å². The molecule has 1 aromatic heterocycles. The van der Waals surface area contributed by atoms with E-state index in [0.29, 0.717) is 5.92 Å². The van der Waals surface area contributed by atoms with Crippen LogP contribution in [-0.2, 0) is 19.9 Å². The third-order valence-corrected chi connectivity index (χ3v) is 7.84. The molecule has 1 aliphatic heterocycles. The number of hydrogen-bond donors (Lipinski definition) is 0. The number of fused-ring (bicyclic) bond motifs is 5. The van der Waals surface area contributed by atoms with Crippen LogP contribution >= 0.6 is 0 Å². The number of aromatic nitrogens is 1. The molecule has 5 aromatic rings. The van der Waals surface area contributed by atoms with Crippen molar-refractivity contribution in [3.05, 3.63) is 77.0 Å². The molecular formula is C35H38NO+. The molecule has 0 saturated heterocycles. The van der Waals surface area contributed by atoms with Gasteiger partial charge in [0, 0.05) is 17.0 Å². The molecule has 0 radical (unpaired) electrons. The number of rotatable bonds is 3. The predicted molar refractivity (Wildman–Crippen MR) is 157 cm³/mol. The van der Waals surface area contributed by atoms with Gasteiger partial charge in [-0.1, -0.05) is 76.6 Å². The lowest BCUT2D eigenvalue weighted by atomic mass is 9.81. The highest BCUT2D eigenvalue weighted by atomic mass is 16.5. The summed E-state index contributed by atoms with van der Waals surface area (Å²) in [7, 11) is 2.17. The molecule has 2 heteroatoms. The maximum atomic E-state index is 7.02. The second-order valence-electron chi connectivity index (χ2n) is 12.8. The minimum atomic E-state index is 0.133. The first-order chi connectivity index (χ1) is 17.5. The van der Waals surface area contributed by atoms with Crippen molar-refractivity contribution in [2.45, 2.75) is 61.3 Å². The molecule has 0 aliphatic carbocycles. The lowest BCUT2D eigenvalue weighted by molar-refractivity contribution is -0.659. The highest BCUT2D eigenvalue weighted by Gasteiger charge is 2.34. The molecule has 0 spiro atoms. The zero-order valence-electron chi connectivity index (χ0n) is 23.5. The first-order valence-electron chi connectivity index (χ1n) is 13.6. The molecule has 1 aliphatic rings. The van der Waals surface area contributed by atoms with Crippen LogP contribution < -0.4 is 9.30 Å². The van der Waals surface area contributed by atoms with Crippen LogP contribution in [0.1, 0.15) is 56.9 Å². The van der Waals surface area contributed by atoms with Gasteiger partial charge in [0.05, 0.1) is 10.9 Å². The van der Waals surface area contributed by atoms with Gasteiger partial charge in [-0.05, 0) is 76.8 Å². The highest BCUT2D eigenvalue weighted by molar-refractivity contribution is 6.16. The molecule has 2 nitrogen and oxygen atoms in total. The molecule has 0 atom stereocenters. The average molecular weight is 489 g/mol. The SMILES string of the molecule is Cc1ccc2c(CC(C)(C)C)c3c(c(C)c2c1)-c1c2c(cc4cc(CC(C)C)ccc4c2cc[n+]1C)O3. The Kier molecular flexibility index (Phi) is 5.39. The molecule has 188 valence electrons. The number of aryl methyl sites for hydroxylation is 3. The van der Waals surface area contributed by atoms with E-state index in [0.717, 1.165) is 24.3 Å². The third kappa shape index (κ3) is 3.89. The summed E-state index contributed by atoms with van der Waals surface area (Å²) >= 11 is 0. The van der Waals surface area contributed by atoms with Gasteiger partial charge in [-0.25, -0.2) is 4.57 Å². The molecule has 0 bridgehead atoms. The summed E-state index contributed by atoms with van der Waals surface area (Å²) in [5, 5.41) is 7.69. The Morgan fingerprint density at radius 1 is 0.865 bits per heavy atom. The van der Waals surface area contributed by atoms with Crippen molar-refractivity contribution < 1.29 is 9.30 Å². The van der Waals surface area contributed by atoms with Crippen molar-refractivity contribution >= 4 is 32.3 Å². The van der Waals surface area contributed by atoms with Gasteiger partial charge < -0.3 is 4.74 Å². The largest absolute Gasteiger partial charge is 0.455 e. The van der Waals surface area contributed by atoms with Gasteiger partial charge in [-0.2, -0.15) is 0 Å². The lowest BCUT2D eigenvalue weighted by Crippen LogP contribution is -2.32. The molecule has 6 rings (SSSR count). The Bertz CT molecular complexity index is 1730. The first-order valence-corrected chi connectivity index (χ1v) is 13.6. The van der Waals surface area contributed by atoms with E-state index in [2.05, 4.69) is 115 Å². The smallest absolute Gasteiger partial charge is 0.228 e. The van der Waals surface area contributed by atoms with Crippen molar-refractivity contribution in [1.82, 2.24) is 0 Å². The van der Waals surface area contributed by atoms with Gasteiger partial charge >= 0.3 is 0 Å². The van der Waals surface area contributed by atoms with E-state index in [-0.39, 0.29) is 5.41 Å². The Morgan fingerprint density at radius 2 is 1.62 bits per heavy atom. The summed E-state index contributed by atoms with van der Waals surface area (Å²) < 4.78 is 9.31. The van der Waals surface area contributed by atoms with Crippen LogP contribution in [0.2, 0.25) is 0 Å². The van der Waals surface area contributed by atoms with E-state index in [1.807, 2.05) is 0 Å². The minimum absolute atomic E-state index is 0.133. The molecule has 0 amide bonds. The Hall–Kier alpha value is -3.39. The van der Waals surface area contributed by atoms with Crippen molar-refractivity contribution in [3.63, 3.8) is 0 Å². The highest BCUT2D eigenvalue weighted by Crippen LogP contribution is 2.52. The average Bonchev–Trinajstić information content (AvgIpc) is 2.81. The van der Waals surface area contributed by atoms with Crippen LogP contribution in [0.3, 0.4) is 0 Å². The van der Waals surface area contributed by atoms with Crippen LogP contribution in [0.15, 0.2) is 54.7 Å². The quantitative estimate of drug-likeness (QED) is 0.179. The summed E-state index contributed by atoms with van der Waals surface area (Å²) in [4.78, 5) is 0. The normalized spacial score (nSPS) is 13.0. The Morgan fingerprint density at radius 3 is 2.35 bits per heavy atom. The number of benzene rings is 4. The molecular weight excluding hydrogens is 450 g/mol. The molecule has 4 aromatic carbocycles. The number of ether oxygens (including phenoxy) is 1. The molecule has 0 fully saturated rings. The maximum Gasteiger partial charge on any atom is 0.228 e.